The van der Waals surface area contributed by atoms with E-state index in [4.69, 9.17) is 25.8 Å². The van der Waals surface area contributed by atoms with Crippen LogP contribution in [-0.4, -0.2) is 31.7 Å². The van der Waals surface area contributed by atoms with E-state index in [1.54, 1.807) is 86.6 Å². The average Bonchev–Trinajstić information content (AvgIpc) is 2.93. The van der Waals surface area contributed by atoms with Gasteiger partial charge in [0.2, 0.25) is 0 Å². The van der Waals surface area contributed by atoms with Crippen LogP contribution in [0.25, 0.3) is 0 Å². The molecule has 9 heteroatoms. The molecule has 196 valence electrons. The Kier molecular flexibility index (Phi) is 8.33. The molecule has 8 nitrogen and oxygen atoms in total. The van der Waals surface area contributed by atoms with E-state index >= 15 is 0 Å². The number of methoxy groups -OCH3 is 1. The number of hydrogen-bond donors (Lipinski definition) is 1. The minimum absolute atomic E-state index is 0.199. The molecule has 0 saturated carbocycles. The van der Waals surface area contributed by atoms with Crippen LogP contribution in [0, 0.1) is 0 Å². The van der Waals surface area contributed by atoms with E-state index in [1.807, 2.05) is 0 Å². The zero-order valence-electron chi connectivity index (χ0n) is 21.2. The van der Waals surface area contributed by atoms with E-state index in [0.717, 1.165) is 5.56 Å². The van der Waals surface area contributed by atoms with Crippen molar-refractivity contribution in [3.05, 3.63) is 106 Å². The van der Waals surface area contributed by atoms with Crippen LogP contribution >= 0.6 is 11.6 Å². The van der Waals surface area contributed by atoms with Gasteiger partial charge in [-0.05, 0) is 73.5 Å². The zero-order chi connectivity index (χ0) is 27.2. The lowest BCUT2D eigenvalue weighted by molar-refractivity contribution is -0.139. The molecule has 3 aromatic rings. The SMILES string of the molecule is CCOC(=O)C1=C(C)N(c2ccc(Cl)cc2)C(=O)N[C@H]1c1ccc(OCc2ccc(C(=O)OC)cc2)cc1. The number of carbonyl (C=O) groups is 3. The summed E-state index contributed by atoms with van der Waals surface area (Å²) in [6.45, 7) is 3.95. The predicted molar refractivity (Wildman–Crippen MR) is 143 cm³/mol. The minimum Gasteiger partial charge on any atom is -0.489 e. The second-order valence-electron chi connectivity index (χ2n) is 8.46. The van der Waals surface area contributed by atoms with Gasteiger partial charge in [0, 0.05) is 10.7 Å². The Bertz CT molecular complexity index is 1350. The summed E-state index contributed by atoms with van der Waals surface area (Å²) in [5.41, 5.74) is 3.42. The monoisotopic (exact) mass is 534 g/mol. The second-order valence-corrected chi connectivity index (χ2v) is 8.90. The van der Waals surface area contributed by atoms with E-state index in [0.29, 0.717) is 45.5 Å². The van der Waals surface area contributed by atoms with Crippen molar-refractivity contribution in [3.8, 4) is 5.75 Å². The first-order valence-corrected chi connectivity index (χ1v) is 12.3. The molecule has 3 aromatic carbocycles. The molecule has 1 aliphatic rings. The van der Waals surface area contributed by atoms with E-state index in [2.05, 4.69) is 5.32 Å². The van der Waals surface area contributed by atoms with Crippen molar-refractivity contribution in [2.24, 2.45) is 0 Å². The number of anilines is 1. The summed E-state index contributed by atoms with van der Waals surface area (Å²) in [6, 6.07) is 19.8. The lowest BCUT2D eigenvalue weighted by atomic mass is 9.94. The van der Waals surface area contributed by atoms with Gasteiger partial charge in [0.1, 0.15) is 12.4 Å². The first-order chi connectivity index (χ1) is 18.3. The third-order valence-corrected chi connectivity index (χ3v) is 6.31. The number of hydrogen-bond acceptors (Lipinski definition) is 6. The molecule has 1 N–H and O–H groups in total. The van der Waals surface area contributed by atoms with Crippen molar-refractivity contribution in [1.82, 2.24) is 5.32 Å². The number of ether oxygens (including phenoxy) is 3. The van der Waals surface area contributed by atoms with E-state index in [-0.39, 0.29) is 12.6 Å². The number of halogens is 1. The maximum atomic E-state index is 13.2. The lowest BCUT2D eigenvalue weighted by Gasteiger charge is -2.35. The van der Waals surface area contributed by atoms with Crippen molar-refractivity contribution < 1.29 is 28.6 Å². The molecule has 0 aliphatic carbocycles. The number of amides is 2. The third kappa shape index (κ3) is 5.81. The number of esters is 2. The van der Waals surface area contributed by atoms with Gasteiger partial charge in [0.15, 0.2) is 0 Å². The Morgan fingerprint density at radius 3 is 2.21 bits per heavy atom. The van der Waals surface area contributed by atoms with E-state index in [1.165, 1.54) is 12.0 Å². The van der Waals surface area contributed by atoms with E-state index < -0.39 is 18.0 Å². The van der Waals surface area contributed by atoms with Crippen molar-refractivity contribution >= 4 is 35.3 Å². The van der Waals surface area contributed by atoms with Gasteiger partial charge in [-0.15, -0.1) is 0 Å². The highest BCUT2D eigenvalue weighted by Gasteiger charge is 2.37. The maximum absolute atomic E-state index is 13.2. The topological polar surface area (TPSA) is 94.2 Å². The van der Waals surface area contributed by atoms with Crippen LogP contribution < -0.4 is 15.0 Å². The fraction of sp³-hybridized carbons (Fsp3) is 0.207. The standard InChI is InChI=1S/C29H27ClN2O6/c1-4-37-28(34)25-18(2)32(23-13-11-22(30)12-14-23)29(35)31-26(25)20-9-15-24(16-10-20)38-17-19-5-7-21(8-6-19)27(33)36-3/h5-16,26H,4,17H2,1-3H3,(H,31,35)/t26-/m0/s1. The van der Waals surface area contributed by atoms with Gasteiger partial charge in [-0.25, -0.2) is 14.4 Å². The smallest absolute Gasteiger partial charge is 0.338 e. The van der Waals surface area contributed by atoms with Gasteiger partial charge in [-0.2, -0.15) is 0 Å². The molecule has 1 aliphatic heterocycles. The summed E-state index contributed by atoms with van der Waals surface area (Å²) in [7, 11) is 1.34. The van der Waals surface area contributed by atoms with Gasteiger partial charge in [0.25, 0.3) is 0 Å². The zero-order valence-corrected chi connectivity index (χ0v) is 22.0. The lowest BCUT2D eigenvalue weighted by Crippen LogP contribution is -2.48. The summed E-state index contributed by atoms with van der Waals surface area (Å²) in [5, 5.41) is 3.47. The van der Waals surface area contributed by atoms with Crippen molar-refractivity contribution in [3.63, 3.8) is 0 Å². The molecule has 4 rings (SSSR count). The Labute approximate surface area is 225 Å². The molecular weight excluding hydrogens is 508 g/mol. The number of benzene rings is 3. The minimum atomic E-state index is -0.704. The molecular formula is C29H27ClN2O6. The molecule has 0 unspecified atom stereocenters. The molecule has 0 bridgehead atoms. The molecule has 0 saturated heterocycles. The summed E-state index contributed by atoms with van der Waals surface area (Å²) in [4.78, 5) is 39.2. The van der Waals surface area contributed by atoms with Gasteiger partial charge in [-0.1, -0.05) is 35.9 Å². The second kappa shape index (κ2) is 11.8. The number of carbonyl (C=O) groups excluding carboxylic acids is 3. The quantitative estimate of drug-likeness (QED) is 0.366. The fourth-order valence-corrected chi connectivity index (χ4v) is 4.27. The summed E-state index contributed by atoms with van der Waals surface area (Å²) in [5.74, 6) is -0.301. The number of allylic oxidation sites excluding steroid dienone is 1. The molecule has 0 aromatic heterocycles. The van der Waals surface area contributed by atoms with Gasteiger partial charge < -0.3 is 19.5 Å². The fourth-order valence-electron chi connectivity index (χ4n) is 4.15. The molecule has 2 amide bonds. The average molecular weight is 535 g/mol. The molecule has 0 spiro atoms. The van der Waals surface area contributed by atoms with Gasteiger partial charge in [-0.3, -0.25) is 4.90 Å². The van der Waals surface area contributed by atoms with Crippen molar-refractivity contribution in [2.75, 3.05) is 18.6 Å². The van der Waals surface area contributed by atoms with Crippen molar-refractivity contribution in [2.45, 2.75) is 26.5 Å². The molecule has 0 radical (unpaired) electrons. The number of nitrogens with zero attached hydrogens (tertiary/aromatic N) is 1. The Hall–Kier alpha value is -4.30. The predicted octanol–water partition coefficient (Wildman–Crippen LogP) is 5.81. The van der Waals surface area contributed by atoms with Gasteiger partial charge >= 0.3 is 18.0 Å². The van der Waals surface area contributed by atoms with Crippen LogP contribution in [-0.2, 0) is 20.9 Å². The summed E-state index contributed by atoms with van der Waals surface area (Å²) >= 11 is 6.01. The Morgan fingerprint density at radius 1 is 0.947 bits per heavy atom. The van der Waals surface area contributed by atoms with E-state index in [9.17, 15) is 14.4 Å². The highest BCUT2D eigenvalue weighted by atomic mass is 35.5. The van der Waals surface area contributed by atoms with Crippen LogP contribution in [0.3, 0.4) is 0 Å². The first-order valence-electron chi connectivity index (χ1n) is 12.0. The highest BCUT2D eigenvalue weighted by Crippen LogP contribution is 2.35. The largest absolute Gasteiger partial charge is 0.489 e. The Balaban J connectivity index is 1.55. The van der Waals surface area contributed by atoms with Crippen LogP contribution in [0.15, 0.2) is 84.1 Å². The third-order valence-electron chi connectivity index (χ3n) is 6.06. The maximum Gasteiger partial charge on any atom is 0.338 e. The summed E-state index contributed by atoms with van der Waals surface area (Å²) < 4.78 is 15.9. The normalized spacial score (nSPS) is 15.1. The molecule has 1 atom stereocenters. The van der Waals surface area contributed by atoms with Gasteiger partial charge in [0.05, 0.1) is 36.6 Å². The number of urea groups is 1. The molecule has 0 fully saturated rings. The molecule has 38 heavy (non-hydrogen) atoms. The first kappa shape index (κ1) is 26.8. The van der Waals surface area contributed by atoms with Crippen LogP contribution in [0.2, 0.25) is 5.02 Å². The number of nitrogens with one attached hydrogen (secondary N) is 1. The van der Waals surface area contributed by atoms with Crippen LogP contribution in [0.4, 0.5) is 10.5 Å². The number of rotatable bonds is 8. The highest BCUT2D eigenvalue weighted by molar-refractivity contribution is 6.30. The van der Waals surface area contributed by atoms with Crippen molar-refractivity contribution in [1.29, 1.82) is 0 Å². The molecule has 1 heterocycles. The Morgan fingerprint density at radius 2 is 1.61 bits per heavy atom. The summed E-state index contributed by atoms with van der Waals surface area (Å²) in [6.07, 6.45) is 0. The van der Waals surface area contributed by atoms with Crippen LogP contribution in [0.1, 0.15) is 41.4 Å². The van der Waals surface area contributed by atoms with Crippen LogP contribution in [0.5, 0.6) is 5.75 Å².